The summed E-state index contributed by atoms with van der Waals surface area (Å²) in [6, 6.07) is 13.2. The summed E-state index contributed by atoms with van der Waals surface area (Å²) in [6.45, 7) is 6.75. The fourth-order valence-electron chi connectivity index (χ4n) is 3.11. The first kappa shape index (κ1) is 20.5. The Morgan fingerprint density at radius 3 is 2.22 bits per heavy atom. The van der Waals surface area contributed by atoms with Crippen LogP contribution in [0, 0.1) is 0 Å². The number of hydrogen-bond donors (Lipinski definition) is 0. The van der Waals surface area contributed by atoms with Gasteiger partial charge in [0.15, 0.2) is 0 Å². The molecule has 2 aromatic carbocycles. The molecule has 0 fully saturated rings. The smallest absolute Gasteiger partial charge is 1.00 e. The van der Waals surface area contributed by atoms with Crippen molar-refractivity contribution in [2.24, 2.45) is 0 Å². The first-order valence-electron chi connectivity index (χ1n) is 7.31. The van der Waals surface area contributed by atoms with Crippen LogP contribution in [0.5, 0.6) is 0 Å². The van der Waals surface area contributed by atoms with E-state index < -0.39 is 19.5 Å². The van der Waals surface area contributed by atoms with Gasteiger partial charge in [0.2, 0.25) is 0 Å². The second kappa shape index (κ2) is 8.51. The van der Waals surface area contributed by atoms with Crippen molar-refractivity contribution in [2.75, 3.05) is 7.11 Å². The van der Waals surface area contributed by atoms with Crippen LogP contribution >= 0.6 is 0 Å². The topological polar surface area (TPSA) is 9.23 Å². The van der Waals surface area contributed by atoms with Gasteiger partial charge in [-0.05, 0) is 0 Å². The molecule has 4 heteroatoms. The Bertz CT molecular complexity index is 778. The second-order valence-electron chi connectivity index (χ2n) is 5.70. The summed E-state index contributed by atoms with van der Waals surface area (Å²) in [6.07, 6.45) is 1.08. The Labute approximate surface area is 160 Å². The third kappa shape index (κ3) is 3.75. The summed E-state index contributed by atoms with van der Waals surface area (Å²) in [5.41, 5.74) is 7.31. The number of halogens is 2. The standard InChI is InChI=1S/C18H17.CH3O.2ClH.Ti/c1-12-10-18(14(3)13(12)2)17-9-8-15-6-4-5-7-16(15)11-17;1-2;;;/h4-9H,10H2,1-3H3;1H3;2*1H;/q;-1;;;+3/p-2. The molecule has 0 unspecified atom stereocenters. The normalized spacial score (nSPS) is 13.7. The van der Waals surface area contributed by atoms with Crippen LogP contribution in [0.2, 0.25) is 0 Å². The maximum atomic E-state index is 5.61. The van der Waals surface area contributed by atoms with E-state index in [1.807, 2.05) is 7.11 Å². The Balaban J connectivity index is 0.00000132. The SMILES string of the molecule is C[O][Ti+2][c]1c(C2=C(C)C(C)=C(C)C2)ccc2ccccc12.[Cl-].[Cl-]. The molecular weight excluding hydrogens is 363 g/mol. The molecule has 0 saturated heterocycles. The number of hydrogen-bond acceptors (Lipinski definition) is 1. The van der Waals surface area contributed by atoms with Crippen LogP contribution in [-0.4, -0.2) is 7.11 Å². The minimum Gasteiger partial charge on any atom is -1.00 e. The third-order valence-corrected chi connectivity index (χ3v) is 6.03. The summed E-state index contributed by atoms with van der Waals surface area (Å²) >= 11 is -0.559. The van der Waals surface area contributed by atoms with Gasteiger partial charge in [0.05, 0.1) is 0 Å². The molecule has 0 aromatic heterocycles. The van der Waals surface area contributed by atoms with Gasteiger partial charge in [-0.25, -0.2) is 0 Å². The molecule has 0 amide bonds. The van der Waals surface area contributed by atoms with Crippen LogP contribution in [0.1, 0.15) is 32.8 Å². The number of fused-ring (bicyclic) bond motifs is 1. The molecule has 0 spiro atoms. The average molecular weight is 383 g/mol. The molecule has 0 bridgehead atoms. The van der Waals surface area contributed by atoms with Crippen molar-refractivity contribution >= 4 is 20.2 Å². The number of rotatable bonds is 3. The van der Waals surface area contributed by atoms with E-state index >= 15 is 0 Å². The predicted molar refractivity (Wildman–Crippen MR) is 86.2 cm³/mol. The zero-order valence-electron chi connectivity index (χ0n) is 13.8. The molecule has 23 heavy (non-hydrogen) atoms. The molecule has 0 N–H and O–H groups in total. The van der Waals surface area contributed by atoms with Crippen molar-refractivity contribution in [2.45, 2.75) is 27.2 Å². The van der Waals surface area contributed by atoms with Gasteiger partial charge in [-0.1, -0.05) is 0 Å². The van der Waals surface area contributed by atoms with Crippen LogP contribution in [0.25, 0.3) is 16.3 Å². The van der Waals surface area contributed by atoms with Crippen molar-refractivity contribution < 1.29 is 47.7 Å². The van der Waals surface area contributed by atoms with Crippen LogP contribution in [0.4, 0.5) is 0 Å². The Hall–Kier alpha value is -0.566. The fourth-order valence-corrected chi connectivity index (χ4v) is 4.49. The summed E-state index contributed by atoms with van der Waals surface area (Å²) in [7, 11) is 1.83. The third-order valence-electron chi connectivity index (χ3n) is 4.56. The largest absolute Gasteiger partial charge is 1.00 e. The van der Waals surface area contributed by atoms with Crippen molar-refractivity contribution in [3.63, 3.8) is 0 Å². The summed E-state index contributed by atoms with van der Waals surface area (Å²) < 4.78 is 7.05. The molecule has 120 valence electrons. The number of allylic oxidation sites excluding steroid dienone is 4. The van der Waals surface area contributed by atoms with E-state index in [2.05, 4.69) is 57.2 Å². The van der Waals surface area contributed by atoms with E-state index in [4.69, 9.17) is 3.32 Å². The molecule has 2 aromatic rings. The first-order valence-corrected chi connectivity index (χ1v) is 8.73. The molecule has 0 atom stereocenters. The summed E-state index contributed by atoms with van der Waals surface area (Å²) in [5, 5.41) is 2.68. The van der Waals surface area contributed by atoms with Crippen molar-refractivity contribution in [3.05, 3.63) is 58.7 Å². The van der Waals surface area contributed by atoms with Crippen molar-refractivity contribution in [1.82, 2.24) is 0 Å². The minimum atomic E-state index is -0.559. The zero-order valence-corrected chi connectivity index (χ0v) is 16.9. The predicted octanol–water partition coefficient (Wildman–Crippen LogP) is -1.37. The maximum absolute atomic E-state index is 5.61. The van der Waals surface area contributed by atoms with Gasteiger partial charge in [-0.3, -0.25) is 0 Å². The van der Waals surface area contributed by atoms with Crippen molar-refractivity contribution in [1.29, 1.82) is 0 Å². The van der Waals surface area contributed by atoms with E-state index in [1.165, 1.54) is 42.5 Å². The zero-order chi connectivity index (χ0) is 15.0. The van der Waals surface area contributed by atoms with Gasteiger partial charge in [0.1, 0.15) is 0 Å². The van der Waals surface area contributed by atoms with Gasteiger partial charge >= 0.3 is 136 Å². The monoisotopic (exact) mass is 382 g/mol. The average Bonchev–Trinajstić information content (AvgIpc) is 2.75. The van der Waals surface area contributed by atoms with Gasteiger partial charge in [-0.15, -0.1) is 0 Å². The Morgan fingerprint density at radius 2 is 1.61 bits per heavy atom. The molecule has 0 radical (unpaired) electrons. The van der Waals surface area contributed by atoms with Crippen molar-refractivity contribution in [3.8, 4) is 0 Å². The first-order chi connectivity index (χ1) is 10.1. The van der Waals surface area contributed by atoms with E-state index in [0.717, 1.165) is 6.42 Å². The van der Waals surface area contributed by atoms with Crippen LogP contribution < -0.4 is 28.7 Å². The quantitative estimate of drug-likeness (QED) is 0.595. The molecule has 1 aliphatic carbocycles. The van der Waals surface area contributed by atoms with Gasteiger partial charge in [-0.2, -0.15) is 0 Å². The molecule has 1 nitrogen and oxygen atoms in total. The summed E-state index contributed by atoms with van der Waals surface area (Å²) in [5.74, 6) is 0. The van der Waals surface area contributed by atoms with Crippen LogP contribution in [0.15, 0.2) is 53.1 Å². The molecule has 0 aliphatic heterocycles. The molecule has 0 heterocycles. The fraction of sp³-hybridized carbons (Fsp3) is 0.263. The molecule has 1 aliphatic rings. The number of benzene rings is 2. The maximum Gasteiger partial charge on any atom is -1.00 e. The minimum absolute atomic E-state index is 0. The summed E-state index contributed by atoms with van der Waals surface area (Å²) in [4.78, 5) is 0. The van der Waals surface area contributed by atoms with Gasteiger partial charge < -0.3 is 24.8 Å². The van der Waals surface area contributed by atoms with E-state index in [-0.39, 0.29) is 24.8 Å². The Kier molecular flexibility index (Phi) is 7.58. The van der Waals surface area contributed by atoms with Crippen LogP contribution in [-0.2, 0) is 22.9 Å². The van der Waals surface area contributed by atoms with E-state index in [9.17, 15) is 0 Å². The van der Waals surface area contributed by atoms with Gasteiger partial charge in [0.25, 0.3) is 0 Å². The molecule has 3 rings (SSSR count). The molecular formula is C19H20Cl2OTi. The van der Waals surface area contributed by atoms with Crippen LogP contribution in [0.3, 0.4) is 0 Å². The second-order valence-corrected chi connectivity index (χ2v) is 7.44. The van der Waals surface area contributed by atoms with E-state index in [1.54, 1.807) is 0 Å². The Morgan fingerprint density at radius 1 is 0.913 bits per heavy atom. The van der Waals surface area contributed by atoms with E-state index in [0.29, 0.717) is 0 Å². The van der Waals surface area contributed by atoms with Gasteiger partial charge in [0, 0.05) is 0 Å². The molecule has 0 saturated carbocycles.